The standard InChI is InChI=1S/C22H28N2O4S/c1-14-7-9-24(10-8-14)18-5-6-20(19(13-18)22(25)26)23-29(27,28)21-12-16(3)15(2)11-17(21)4/h5-6,11-14,23H,7-10H2,1-4H3,(H,25,26). The van der Waals surface area contributed by atoms with E-state index >= 15 is 0 Å². The Labute approximate surface area is 172 Å². The maximum Gasteiger partial charge on any atom is 0.337 e. The number of carboxylic acid groups (broad SMARTS) is 1. The molecule has 2 aromatic rings. The highest BCUT2D eigenvalue weighted by atomic mass is 32.2. The van der Waals surface area contributed by atoms with Crippen LogP contribution in [0.3, 0.4) is 0 Å². The highest BCUT2D eigenvalue weighted by Crippen LogP contribution is 2.29. The molecule has 7 heteroatoms. The number of benzene rings is 2. The van der Waals surface area contributed by atoms with Gasteiger partial charge in [0.25, 0.3) is 10.0 Å². The predicted octanol–water partition coefficient (Wildman–Crippen LogP) is 4.35. The van der Waals surface area contributed by atoms with Crippen molar-refractivity contribution in [3.8, 4) is 0 Å². The third-order valence-electron chi connectivity index (χ3n) is 5.71. The van der Waals surface area contributed by atoms with Crippen LogP contribution in [0.4, 0.5) is 11.4 Å². The number of sulfonamides is 1. The van der Waals surface area contributed by atoms with Crippen LogP contribution >= 0.6 is 0 Å². The molecule has 0 radical (unpaired) electrons. The van der Waals surface area contributed by atoms with Gasteiger partial charge < -0.3 is 10.0 Å². The first-order chi connectivity index (χ1) is 13.6. The van der Waals surface area contributed by atoms with E-state index in [0.717, 1.165) is 42.7 Å². The van der Waals surface area contributed by atoms with Gasteiger partial charge in [0.2, 0.25) is 0 Å². The zero-order chi connectivity index (χ0) is 21.3. The molecule has 1 aliphatic heterocycles. The molecule has 0 aromatic heterocycles. The summed E-state index contributed by atoms with van der Waals surface area (Å²) in [5, 5.41) is 9.68. The lowest BCUT2D eigenvalue weighted by Gasteiger charge is -2.32. The minimum Gasteiger partial charge on any atom is -0.478 e. The maximum absolute atomic E-state index is 13.0. The molecule has 2 aromatic carbocycles. The van der Waals surface area contributed by atoms with Crippen LogP contribution in [0.1, 0.15) is 46.8 Å². The first kappa shape index (κ1) is 21.2. The van der Waals surface area contributed by atoms with Crippen molar-refractivity contribution in [2.75, 3.05) is 22.7 Å². The molecule has 0 bridgehead atoms. The Morgan fingerprint density at radius 2 is 1.66 bits per heavy atom. The number of aromatic carboxylic acids is 1. The number of nitrogens with zero attached hydrogens (tertiary/aromatic N) is 1. The monoisotopic (exact) mass is 416 g/mol. The quantitative estimate of drug-likeness (QED) is 0.757. The minimum absolute atomic E-state index is 0.0498. The highest BCUT2D eigenvalue weighted by molar-refractivity contribution is 7.92. The second-order valence-electron chi connectivity index (χ2n) is 8.01. The summed E-state index contributed by atoms with van der Waals surface area (Å²) in [6.45, 7) is 9.46. The summed E-state index contributed by atoms with van der Waals surface area (Å²) in [5.41, 5.74) is 3.32. The van der Waals surface area contributed by atoms with Gasteiger partial charge in [0, 0.05) is 18.8 Å². The van der Waals surface area contributed by atoms with Gasteiger partial charge in [0.05, 0.1) is 16.1 Å². The van der Waals surface area contributed by atoms with Gasteiger partial charge in [0.1, 0.15) is 0 Å². The van der Waals surface area contributed by atoms with Crippen LogP contribution in [0, 0.1) is 26.7 Å². The Kier molecular flexibility index (Phi) is 5.89. The van der Waals surface area contributed by atoms with Crippen molar-refractivity contribution < 1.29 is 18.3 Å². The molecule has 1 heterocycles. The van der Waals surface area contributed by atoms with Gasteiger partial charge in [-0.15, -0.1) is 0 Å². The first-order valence-electron chi connectivity index (χ1n) is 9.81. The fourth-order valence-electron chi connectivity index (χ4n) is 3.68. The van der Waals surface area contributed by atoms with E-state index in [1.807, 2.05) is 19.9 Å². The van der Waals surface area contributed by atoms with Gasteiger partial charge in [-0.05, 0) is 80.5 Å². The third kappa shape index (κ3) is 4.56. The van der Waals surface area contributed by atoms with Crippen LogP contribution in [-0.4, -0.2) is 32.6 Å². The van der Waals surface area contributed by atoms with Crippen molar-refractivity contribution in [2.24, 2.45) is 5.92 Å². The van der Waals surface area contributed by atoms with Crippen LogP contribution in [0.25, 0.3) is 0 Å². The van der Waals surface area contributed by atoms with Crippen molar-refractivity contribution in [3.63, 3.8) is 0 Å². The molecule has 0 unspecified atom stereocenters. The van der Waals surface area contributed by atoms with E-state index in [4.69, 9.17) is 0 Å². The number of carboxylic acids is 1. The summed E-state index contributed by atoms with van der Waals surface area (Å²) in [7, 11) is -3.91. The van der Waals surface area contributed by atoms with E-state index in [0.29, 0.717) is 11.5 Å². The van der Waals surface area contributed by atoms with Crippen molar-refractivity contribution in [1.82, 2.24) is 0 Å². The highest BCUT2D eigenvalue weighted by Gasteiger charge is 2.23. The Balaban J connectivity index is 1.94. The number of piperidine rings is 1. The topological polar surface area (TPSA) is 86.7 Å². The lowest BCUT2D eigenvalue weighted by Crippen LogP contribution is -2.32. The molecule has 0 spiro atoms. The molecule has 0 saturated carbocycles. The second-order valence-corrected chi connectivity index (χ2v) is 9.66. The molecule has 0 atom stereocenters. The van der Waals surface area contributed by atoms with Crippen LogP contribution in [0.2, 0.25) is 0 Å². The van der Waals surface area contributed by atoms with E-state index in [9.17, 15) is 18.3 Å². The molecule has 29 heavy (non-hydrogen) atoms. The van der Waals surface area contributed by atoms with Gasteiger partial charge in [-0.25, -0.2) is 13.2 Å². The average Bonchev–Trinajstić information content (AvgIpc) is 2.65. The largest absolute Gasteiger partial charge is 0.478 e. The van der Waals surface area contributed by atoms with Crippen LogP contribution in [0.5, 0.6) is 0 Å². The number of anilines is 2. The third-order valence-corrected chi connectivity index (χ3v) is 7.21. The molecule has 0 aliphatic carbocycles. The molecular formula is C22H28N2O4S. The number of rotatable bonds is 5. The molecule has 1 fully saturated rings. The molecule has 2 N–H and O–H groups in total. The predicted molar refractivity (Wildman–Crippen MR) is 115 cm³/mol. The van der Waals surface area contributed by atoms with Crippen LogP contribution < -0.4 is 9.62 Å². The molecule has 1 saturated heterocycles. The number of aryl methyl sites for hydroxylation is 3. The number of carbonyl (C=O) groups is 1. The molecular weight excluding hydrogens is 388 g/mol. The molecule has 156 valence electrons. The molecule has 6 nitrogen and oxygen atoms in total. The van der Waals surface area contributed by atoms with Crippen LogP contribution in [0.15, 0.2) is 35.2 Å². The number of hydrogen-bond acceptors (Lipinski definition) is 4. The Hall–Kier alpha value is -2.54. The molecule has 3 rings (SSSR count). The molecule has 1 aliphatic rings. The van der Waals surface area contributed by atoms with Crippen molar-refractivity contribution in [2.45, 2.75) is 45.4 Å². The van der Waals surface area contributed by atoms with E-state index in [1.165, 1.54) is 0 Å². The Morgan fingerprint density at radius 1 is 1.03 bits per heavy atom. The minimum atomic E-state index is -3.91. The van der Waals surface area contributed by atoms with Crippen molar-refractivity contribution >= 4 is 27.4 Å². The van der Waals surface area contributed by atoms with E-state index < -0.39 is 16.0 Å². The van der Waals surface area contributed by atoms with E-state index in [1.54, 1.807) is 31.2 Å². The lowest BCUT2D eigenvalue weighted by atomic mass is 9.98. The summed E-state index contributed by atoms with van der Waals surface area (Å²) in [6.07, 6.45) is 2.12. The van der Waals surface area contributed by atoms with Gasteiger partial charge in [-0.3, -0.25) is 4.72 Å². The van der Waals surface area contributed by atoms with Crippen molar-refractivity contribution in [3.05, 3.63) is 52.6 Å². The van der Waals surface area contributed by atoms with Gasteiger partial charge in [-0.1, -0.05) is 13.0 Å². The van der Waals surface area contributed by atoms with E-state index in [2.05, 4.69) is 16.5 Å². The second kappa shape index (κ2) is 8.06. The summed E-state index contributed by atoms with van der Waals surface area (Å²) in [6, 6.07) is 8.33. The first-order valence-corrected chi connectivity index (χ1v) is 11.3. The summed E-state index contributed by atoms with van der Waals surface area (Å²) < 4.78 is 28.4. The normalized spacial score (nSPS) is 15.4. The summed E-state index contributed by atoms with van der Waals surface area (Å²) >= 11 is 0. The summed E-state index contributed by atoms with van der Waals surface area (Å²) in [4.78, 5) is 14.2. The smallest absolute Gasteiger partial charge is 0.337 e. The van der Waals surface area contributed by atoms with Gasteiger partial charge >= 0.3 is 5.97 Å². The van der Waals surface area contributed by atoms with Gasteiger partial charge in [-0.2, -0.15) is 0 Å². The van der Waals surface area contributed by atoms with Gasteiger partial charge in [0.15, 0.2) is 0 Å². The maximum atomic E-state index is 13.0. The molecule has 0 amide bonds. The average molecular weight is 417 g/mol. The van der Waals surface area contributed by atoms with E-state index in [-0.39, 0.29) is 16.1 Å². The Bertz CT molecular complexity index is 1040. The van der Waals surface area contributed by atoms with Crippen molar-refractivity contribution in [1.29, 1.82) is 0 Å². The number of hydrogen-bond donors (Lipinski definition) is 2. The zero-order valence-corrected chi connectivity index (χ0v) is 18.1. The Morgan fingerprint density at radius 3 is 2.28 bits per heavy atom. The van der Waals surface area contributed by atoms with Crippen LogP contribution in [-0.2, 0) is 10.0 Å². The SMILES string of the molecule is Cc1cc(C)c(S(=O)(=O)Nc2ccc(N3CCC(C)CC3)cc2C(=O)O)cc1C. The lowest BCUT2D eigenvalue weighted by molar-refractivity contribution is 0.0698. The zero-order valence-electron chi connectivity index (χ0n) is 17.3. The fourth-order valence-corrected chi connectivity index (χ4v) is 5.08. The fraction of sp³-hybridized carbons (Fsp3) is 0.409. The number of nitrogens with one attached hydrogen (secondary N) is 1. The summed E-state index contributed by atoms with van der Waals surface area (Å²) in [5.74, 6) is -0.496.